The number of nitrogens with one attached hydrogen (secondary N) is 1. The number of carbonyl (C=O) groups excluding carboxylic acids is 1. The fourth-order valence-corrected chi connectivity index (χ4v) is 3.84. The van der Waals surface area contributed by atoms with E-state index in [9.17, 15) is 9.18 Å². The van der Waals surface area contributed by atoms with Crippen LogP contribution in [0.25, 0.3) is 0 Å². The minimum Gasteiger partial charge on any atom is -0.495 e. The second kappa shape index (κ2) is 9.46. The van der Waals surface area contributed by atoms with Crippen molar-refractivity contribution in [3.8, 4) is 5.75 Å². The number of halogens is 2. The maximum atomic E-state index is 14.6. The zero-order valence-corrected chi connectivity index (χ0v) is 17.6. The van der Waals surface area contributed by atoms with Gasteiger partial charge in [-0.15, -0.1) is 0 Å². The molecule has 7 heteroatoms. The van der Waals surface area contributed by atoms with E-state index < -0.39 is 0 Å². The third-order valence-corrected chi connectivity index (χ3v) is 5.14. The van der Waals surface area contributed by atoms with Gasteiger partial charge < -0.3 is 19.7 Å². The van der Waals surface area contributed by atoms with Crippen LogP contribution in [0, 0.1) is 5.82 Å². The van der Waals surface area contributed by atoms with Gasteiger partial charge in [-0.1, -0.05) is 17.7 Å². The highest BCUT2D eigenvalue weighted by atomic mass is 35.5. The number of hydrogen-bond donors (Lipinski definition) is 1. The van der Waals surface area contributed by atoms with E-state index in [1.54, 1.807) is 31.4 Å². The molecule has 1 saturated heterocycles. The number of nitrogens with zero attached hydrogens (tertiary/aromatic N) is 1. The summed E-state index contributed by atoms with van der Waals surface area (Å²) in [5, 5.41) is 3.27. The molecule has 0 saturated carbocycles. The van der Waals surface area contributed by atoms with Crippen molar-refractivity contribution >= 4 is 28.9 Å². The van der Waals surface area contributed by atoms with Gasteiger partial charge >= 0.3 is 0 Å². The predicted octanol–water partition coefficient (Wildman–Crippen LogP) is 4.67. The Morgan fingerprint density at radius 1 is 1.24 bits per heavy atom. The molecular weight excluding hydrogens is 395 g/mol. The summed E-state index contributed by atoms with van der Waals surface area (Å²) in [5.74, 6) is 0.0585. The average Bonchev–Trinajstić information content (AvgIpc) is 2.66. The molecule has 2 unspecified atom stereocenters. The molecule has 0 spiro atoms. The zero-order chi connectivity index (χ0) is 21.0. The summed E-state index contributed by atoms with van der Waals surface area (Å²) >= 11 is 6.11. The van der Waals surface area contributed by atoms with Crippen molar-refractivity contribution < 1.29 is 18.7 Å². The zero-order valence-electron chi connectivity index (χ0n) is 16.9. The molecule has 1 fully saturated rings. The van der Waals surface area contributed by atoms with Crippen LogP contribution in [0.2, 0.25) is 5.02 Å². The summed E-state index contributed by atoms with van der Waals surface area (Å²) in [6.45, 7) is 5.23. The molecule has 5 nitrogen and oxygen atoms in total. The SMILES string of the molecule is COc1ccc(CCC(=O)Nc2ccc(N3CC(C)OC(C)C3)c(F)c2)cc1Cl. The van der Waals surface area contributed by atoms with Crippen molar-refractivity contribution in [2.75, 3.05) is 30.4 Å². The first-order valence-corrected chi connectivity index (χ1v) is 10.1. The molecule has 1 amide bonds. The number of aryl methyl sites for hydroxylation is 1. The summed E-state index contributed by atoms with van der Waals surface area (Å²) in [6, 6.07) is 10.2. The van der Waals surface area contributed by atoms with Crippen molar-refractivity contribution in [1.29, 1.82) is 0 Å². The number of anilines is 2. The molecule has 156 valence electrons. The maximum absolute atomic E-state index is 14.6. The minimum atomic E-state index is -0.356. The van der Waals surface area contributed by atoms with E-state index >= 15 is 0 Å². The van der Waals surface area contributed by atoms with Crippen LogP contribution < -0.4 is 15.0 Å². The Morgan fingerprint density at radius 2 is 1.97 bits per heavy atom. The second-order valence-corrected chi connectivity index (χ2v) is 7.75. The van der Waals surface area contributed by atoms with Crippen LogP contribution in [0.15, 0.2) is 36.4 Å². The Hall–Kier alpha value is -2.31. The number of morpholine rings is 1. The van der Waals surface area contributed by atoms with E-state index in [4.69, 9.17) is 21.1 Å². The topological polar surface area (TPSA) is 50.8 Å². The average molecular weight is 421 g/mol. The van der Waals surface area contributed by atoms with E-state index in [-0.39, 0.29) is 30.4 Å². The molecule has 2 aromatic rings. The van der Waals surface area contributed by atoms with Crippen molar-refractivity contribution in [2.45, 2.75) is 38.9 Å². The molecule has 0 aromatic heterocycles. The van der Waals surface area contributed by atoms with E-state index in [0.717, 1.165) is 5.56 Å². The Labute approximate surface area is 175 Å². The molecule has 1 N–H and O–H groups in total. The molecule has 0 bridgehead atoms. The van der Waals surface area contributed by atoms with Gasteiger partial charge in [0.25, 0.3) is 0 Å². The predicted molar refractivity (Wildman–Crippen MR) is 114 cm³/mol. The van der Waals surface area contributed by atoms with Crippen molar-refractivity contribution in [3.63, 3.8) is 0 Å². The molecule has 1 aliphatic rings. The summed E-state index contributed by atoms with van der Waals surface area (Å²) in [7, 11) is 1.55. The number of carbonyl (C=O) groups is 1. The Bertz CT molecular complexity index is 867. The first-order valence-electron chi connectivity index (χ1n) is 9.68. The number of rotatable bonds is 6. The largest absolute Gasteiger partial charge is 0.495 e. The van der Waals surface area contributed by atoms with Gasteiger partial charge in [-0.3, -0.25) is 4.79 Å². The van der Waals surface area contributed by atoms with Crippen LogP contribution in [0.5, 0.6) is 5.75 Å². The summed E-state index contributed by atoms with van der Waals surface area (Å²) < 4.78 is 25.5. The fourth-order valence-electron chi connectivity index (χ4n) is 3.56. The molecule has 1 aliphatic heterocycles. The van der Waals surface area contributed by atoms with E-state index in [1.165, 1.54) is 6.07 Å². The number of amides is 1. The van der Waals surface area contributed by atoms with Gasteiger partial charge in [0.1, 0.15) is 11.6 Å². The highest BCUT2D eigenvalue weighted by Gasteiger charge is 2.24. The quantitative estimate of drug-likeness (QED) is 0.737. The third kappa shape index (κ3) is 5.61. The first kappa shape index (κ1) is 21.4. The lowest BCUT2D eigenvalue weighted by atomic mass is 10.1. The number of benzene rings is 2. The fraction of sp³-hybridized carbons (Fsp3) is 0.409. The highest BCUT2D eigenvalue weighted by Crippen LogP contribution is 2.27. The van der Waals surface area contributed by atoms with Crippen molar-refractivity contribution in [1.82, 2.24) is 0 Å². The smallest absolute Gasteiger partial charge is 0.224 e. The molecule has 2 atom stereocenters. The highest BCUT2D eigenvalue weighted by molar-refractivity contribution is 6.32. The third-order valence-electron chi connectivity index (χ3n) is 4.85. The normalized spacial score (nSPS) is 19.1. The lowest BCUT2D eigenvalue weighted by molar-refractivity contribution is -0.116. The van der Waals surface area contributed by atoms with Crippen LogP contribution in [0.4, 0.5) is 15.8 Å². The van der Waals surface area contributed by atoms with E-state index in [2.05, 4.69) is 5.32 Å². The summed E-state index contributed by atoms with van der Waals surface area (Å²) in [6.07, 6.45) is 0.887. The lowest BCUT2D eigenvalue weighted by Gasteiger charge is -2.37. The van der Waals surface area contributed by atoms with Crippen molar-refractivity contribution in [2.24, 2.45) is 0 Å². The summed E-state index contributed by atoms with van der Waals surface area (Å²) in [4.78, 5) is 14.2. The van der Waals surface area contributed by atoms with E-state index in [1.807, 2.05) is 24.8 Å². The Balaban J connectivity index is 1.58. The molecular formula is C22H26ClFN2O3. The van der Waals surface area contributed by atoms with Gasteiger partial charge in [-0.05, 0) is 56.2 Å². The van der Waals surface area contributed by atoms with Gasteiger partial charge in [0.15, 0.2) is 0 Å². The van der Waals surface area contributed by atoms with Crippen LogP contribution in [-0.4, -0.2) is 38.3 Å². The monoisotopic (exact) mass is 420 g/mol. The van der Waals surface area contributed by atoms with Crippen LogP contribution in [-0.2, 0) is 16.0 Å². The van der Waals surface area contributed by atoms with E-state index in [0.29, 0.717) is 41.7 Å². The van der Waals surface area contributed by atoms with Gasteiger partial charge in [-0.25, -0.2) is 4.39 Å². The summed E-state index contributed by atoms with van der Waals surface area (Å²) in [5.41, 5.74) is 1.90. The maximum Gasteiger partial charge on any atom is 0.224 e. The minimum absolute atomic E-state index is 0.0454. The Kier molecular flexibility index (Phi) is 6.98. The van der Waals surface area contributed by atoms with Gasteiger partial charge in [0, 0.05) is 25.2 Å². The molecule has 0 radical (unpaired) electrons. The number of hydrogen-bond acceptors (Lipinski definition) is 4. The number of ether oxygens (including phenoxy) is 2. The number of methoxy groups -OCH3 is 1. The van der Waals surface area contributed by atoms with Crippen LogP contribution in [0.3, 0.4) is 0 Å². The molecule has 1 heterocycles. The van der Waals surface area contributed by atoms with Gasteiger partial charge in [-0.2, -0.15) is 0 Å². The van der Waals surface area contributed by atoms with Crippen molar-refractivity contribution in [3.05, 3.63) is 52.8 Å². The standard InChI is InChI=1S/C22H26ClFN2O3/c1-14-12-26(13-15(2)29-14)20-7-6-17(11-19(20)24)25-22(27)9-5-16-4-8-21(28-3)18(23)10-16/h4,6-8,10-11,14-15H,5,9,12-13H2,1-3H3,(H,25,27). The molecule has 2 aromatic carbocycles. The van der Waals surface area contributed by atoms with Crippen LogP contribution >= 0.6 is 11.6 Å². The van der Waals surface area contributed by atoms with Crippen LogP contribution in [0.1, 0.15) is 25.8 Å². The first-order chi connectivity index (χ1) is 13.9. The molecule has 29 heavy (non-hydrogen) atoms. The molecule has 0 aliphatic carbocycles. The Morgan fingerprint density at radius 3 is 2.59 bits per heavy atom. The second-order valence-electron chi connectivity index (χ2n) is 7.35. The molecule has 3 rings (SSSR count). The van der Waals surface area contributed by atoms with Gasteiger partial charge in [0.05, 0.1) is 30.0 Å². The van der Waals surface area contributed by atoms with Gasteiger partial charge in [0.2, 0.25) is 5.91 Å². The lowest BCUT2D eigenvalue weighted by Crippen LogP contribution is -2.45.